The summed E-state index contributed by atoms with van der Waals surface area (Å²) >= 11 is 0. The predicted octanol–water partition coefficient (Wildman–Crippen LogP) is 3.38. The Labute approximate surface area is 183 Å². The molecule has 0 radical (unpaired) electrons. The van der Waals surface area contributed by atoms with E-state index in [0.29, 0.717) is 0 Å². The number of benzene rings is 1. The van der Waals surface area contributed by atoms with Crippen molar-refractivity contribution in [1.29, 1.82) is 0 Å². The van der Waals surface area contributed by atoms with E-state index >= 15 is 0 Å². The van der Waals surface area contributed by atoms with Crippen LogP contribution >= 0.6 is 0 Å². The second kappa shape index (κ2) is 9.48. The van der Waals surface area contributed by atoms with Crippen LogP contribution in [0.1, 0.15) is 57.3 Å². The van der Waals surface area contributed by atoms with Crippen LogP contribution in [0.25, 0.3) is 0 Å². The number of nitrogens with one attached hydrogen (secondary N) is 1. The summed E-state index contributed by atoms with van der Waals surface area (Å²) in [6.07, 6.45) is -2.08. The van der Waals surface area contributed by atoms with Crippen molar-refractivity contribution in [2.24, 2.45) is 10.8 Å². The Kier molecular flexibility index (Phi) is 7.59. The molecule has 0 aromatic heterocycles. The number of hydrogen-bond donors (Lipinski definition) is 3. The molecule has 0 spiro atoms. The maximum Gasteiger partial charge on any atom is 0.312 e. The Hall–Kier alpha value is -2.62. The van der Waals surface area contributed by atoms with Crippen LogP contribution in [0.3, 0.4) is 0 Å². The van der Waals surface area contributed by atoms with Crippen molar-refractivity contribution in [2.45, 2.75) is 58.3 Å². The average molecular weight is 459 g/mol. The number of hydrogen-bond acceptors (Lipinski definition) is 5. The van der Waals surface area contributed by atoms with Crippen molar-refractivity contribution >= 4 is 17.9 Å². The standard InChI is InChI=1S/C22H28F3NO6/c1-5-22(20(30)31)16(10-32-12(3)27)26-15(9-23)21(4,19(28)29)18(22)13-7-6-8-14(25)17(13)11(2)24/h6-8,11,15-16,18,26H,5,9-10H2,1-4H3,(H,28,29)(H,30,31). The topological polar surface area (TPSA) is 113 Å². The Morgan fingerprint density at radius 2 is 1.84 bits per heavy atom. The monoisotopic (exact) mass is 459 g/mol. The fourth-order valence-electron chi connectivity index (χ4n) is 5.08. The maximum atomic E-state index is 14.7. The highest BCUT2D eigenvalue weighted by Gasteiger charge is 2.67. The number of aliphatic carboxylic acids is 2. The van der Waals surface area contributed by atoms with E-state index in [1.54, 1.807) is 0 Å². The molecule has 6 unspecified atom stereocenters. The first-order valence-corrected chi connectivity index (χ1v) is 10.2. The van der Waals surface area contributed by atoms with Gasteiger partial charge in [0.05, 0.1) is 22.9 Å². The molecule has 1 saturated heterocycles. The van der Waals surface area contributed by atoms with Crippen molar-refractivity contribution in [3.8, 4) is 0 Å². The number of ether oxygens (including phenoxy) is 1. The highest BCUT2D eigenvalue weighted by atomic mass is 19.1. The molecule has 1 aliphatic rings. The number of carboxylic acid groups (broad SMARTS) is 2. The lowest BCUT2D eigenvalue weighted by Gasteiger charge is -2.56. The van der Waals surface area contributed by atoms with Crippen molar-refractivity contribution in [3.05, 3.63) is 35.1 Å². The molecule has 0 saturated carbocycles. The average Bonchev–Trinajstić information content (AvgIpc) is 2.71. The van der Waals surface area contributed by atoms with E-state index in [2.05, 4.69) is 5.32 Å². The normalized spacial score (nSPS) is 31.0. The third-order valence-corrected chi connectivity index (χ3v) is 6.71. The fourth-order valence-corrected chi connectivity index (χ4v) is 5.08. The summed E-state index contributed by atoms with van der Waals surface area (Å²) < 4.78 is 48.4. The van der Waals surface area contributed by atoms with Gasteiger partial charge in [-0.2, -0.15) is 0 Å². The summed E-state index contributed by atoms with van der Waals surface area (Å²) in [5.41, 5.74) is -4.74. The molecule has 10 heteroatoms. The number of alkyl halides is 2. The van der Waals surface area contributed by atoms with Gasteiger partial charge in [-0.25, -0.2) is 13.2 Å². The van der Waals surface area contributed by atoms with Crippen LogP contribution in [-0.2, 0) is 19.1 Å². The van der Waals surface area contributed by atoms with Crippen LogP contribution in [-0.4, -0.2) is 53.5 Å². The van der Waals surface area contributed by atoms with Gasteiger partial charge in [-0.05, 0) is 31.9 Å². The summed E-state index contributed by atoms with van der Waals surface area (Å²) in [4.78, 5) is 36.7. The molecular formula is C22H28F3NO6. The first-order chi connectivity index (χ1) is 14.9. The molecule has 1 fully saturated rings. The maximum absolute atomic E-state index is 14.7. The molecular weight excluding hydrogens is 431 g/mol. The largest absolute Gasteiger partial charge is 0.481 e. The van der Waals surface area contributed by atoms with E-state index in [9.17, 15) is 37.8 Å². The molecule has 0 aliphatic carbocycles. The number of piperidine rings is 1. The molecule has 1 heterocycles. The molecule has 32 heavy (non-hydrogen) atoms. The first-order valence-electron chi connectivity index (χ1n) is 10.2. The van der Waals surface area contributed by atoms with Gasteiger partial charge in [0.15, 0.2) is 0 Å². The Bertz CT molecular complexity index is 894. The van der Waals surface area contributed by atoms with E-state index in [-0.39, 0.29) is 12.0 Å². The van der Waals surface area contributed by atoms with E-state index in [4.69, 9.17) is 4.74 Å². The van der Waals surface area contributed by atoms with Gasteiger partial charge in [0.1, 0.15) is 25.3 Å². The molecule has 0 bridgehead atoms. The lowest BCUT2D eigenvalue weighted by Crippen LogP contribution is -2.71. The van der Waals surface area contributed by atoms with Crippen LogP contribution in [0.2, 0.25) is 0 Å². The molecule has 0 amide bonds. The van der Waals surface area contributed by atoms with E-state index in [0.717, 1.165) is 19.9 Å². The Morgan fingerprint density at radius 1 is 1.22 bits per heavy atom. The highest BCUT2D eigenvalue weighted by molar-refractivity contribution is 5.84. The SMILES string of the molecule is CCC1(C(=O)O)C(COC(C)=O)NC(CF)C(C)(C(=O)O)C1c1cccc(F)c1C(C)F. The zero-order valence-corrected chi connectivity index (χ0v) is 18.3. The molecule has 1 aromatic carbocycles. The predicted molar refractivity (Wildman–Crippen MR) is 108 cm³/mol. The lowest BCUT2D eigenvalue weighted by atomic mass is 9.50. The minimum Gasteiger partial charge on any atom is -0.481 e. The van der Waals surface area contributed by atoms with Crippen molar-refractivity contribution in [3.63, 3.8) is 0 Å². The summed E-state index contributed by atoms with van der Waals surface area (Å²) in [5, 5.41) is 23.3. The summed E-state index contributed by atoms with van der Waals surface area (Å²) in [5.74, 6) is -6.22. The van der Waals surface area contributed by atoms with Gasteiger partial charge < -0.3 is 20.3 Å². The fraction of sp³-hybridized carbons (Fsp3) is 0.591. The van der Waals surface area contributed by atoms with Gasteiger partial charge in [0.2, 0.25) is 0 Å². The molecule has 178 valence electrons. The number of carboxylic acids is 2. The Balaban J connectivity index is 2.96. The minimum atomic E-state index is -2.10. The van der Waals surface area contributed by atoms with Gasteiger partial charge in [-0.15, -0.1) is 0 Å². The molecule has 2 rings (SSSR count). The highest BCUT2D eigenvalue weighted by Crippen LogP contribution is 2.58. The van der Waals surface area contributed by atoms with Gasteiger partial charge in [0.25, 0.3) is 0 Å². The van der Waals surface area contributed by atoms with Crippen LogP contribution in [0.5, 0.6) is 0 Å². The smallest absolute Gasteiger partial charge is 0.312 e. The summed E-state index contributed by atoms with van der Waals surface area (Å²) in [6, 6.07) is 0.853. The third kappa shape index (κ3) is 3.96. The molecule has 1 aliphatic heterocycles. The van der Waals surface area contributed by atoms with Gasteiger partial charge >= 0.3 is 17.9 Å². The molecule has 3 N–H and O–H groups in total. The number of carbonyl (C=O) groups excluding carboxylic acids is 1. The Morgan fingerprint density at radius 3 is 2.28 bits per heavy atom. The number of carbonyl (C=O) groups is 3. The second-order valence-electron chi connectivity index (χ2n) is 8.31. The zero-order valence-electron chi connectivity index (χ0n) is 18.3. The van der Waals surface area contributed by atoms with Crippen molar-refractivity contribution < 1.29 is 42.5 Å². The first kappa shape index (κ1) is 25.6. The third-order valence-electron chi connectivity index (χ3n) is 6.71. The molecule has 1 aromatic rings. The quantitative estimate of drug-likeness (QED) is 0.511. The van der Waals surface area contributed by atoms with Gasteiger partial charge in [-0.1, -0.05) is 19.1 Å². The van der Waals surface area contributed by atoms with Crippen LogP contribution in [0.4, 0.5) is 13.2 Å². The minimum absolute atomic E-state index is 0.165. The lowest BCUT2D eigenvalue weighted by molar-refractivity contribution is -0.177. The second-order valence-corrected chi connectivity index (χ2v) is 8.31. The zero-order chi connectivity index (χ0) is 24.4. The van der Waals surface area contributed by atoms with Crippen molar-refractivity contribution in [1.82, 2.24) is 5.32 Å². The van der Waals surface area contributed by atoms with E-state index < -0.39 is 77.6 Å². The molecule has 7 nitrogen and oxygen atoms in total. The summed E-state index contributed by atoms with van der Waals surface area (Å²) in [7, 11) is 0. The number of rotatable bonds is 8. The van der Waals surface area contributed by atoms with Crippen LogP contribution in [0.15, 0.2) is 18.2 Å². The number of halogens is 3. The van der Waals surface area contributed by atoms with Gasteiger partial charge in [0, 0.05) is 18.4 Å². The van der Waals surface area contributed by atoms with Crippen LogP contribution in [0, 0.1) is 16.6 Å². The van der Waals surface area contributed by atoms with Crippen molar-refractivity contribution in [2.75, 3.05) is 13.3 Å². The van der Waals surface area contributed by atoms with Gasteiger partial charge in [-0.3, -0.25) is 14.4 Å². The molecule has 6 atom stereocenters. The number of esters is 1. The van der Waals surface area contributed by atoms with E-state index in [1.165, 1.54) is 26.0 Å². The summed E-state index contributed by atoms with van der Waals surface area (Å²) in [6.45, 7) is 3.12. The van der Waals surface area contributed by atoms with Crippen LogP contribution < -0.4 is 5.32 Å². The van der Waals surface area contributed by atoms with E-state index in [1.807, 2.05) is 0 Å².